The molecule has 0 aliphatic carbocycles. The number of nitro benzene ring substituents is 1. The van der Waals surface area contributed by atoms with Gasteiger partial charge in [-0.1, -0.05) is 11.6 Å². The van der Waals surface area contributed by atoms with Crippen molar-refractivity contribution >= 4 is 29.0 Å². The lowest BCUT2D eigenvalue weighted by Crippen LogP contribution is -2.15. The van der Waals surface area contributed by atoms with Crippen molar-refractivity contribution in [2.75, 3.05) is 6.61 Å². The van der Waals surface area contributed by atoms with E-state index in [1.165, 1.54) is 6.07 Å². The second-order valence-corrected chi connectivity index (χ2v) is 4.95. The molecule has 0 atom stereocenters. The van der Waals surface area contributed by atoms with E-state index in [1.807, 2.05) is 0 Å². The summed E-state index contributed by atoms with van der Waals surface area (Å²) in [6.07, 6.45) is 0. The smallest absolute Gasteiger partial charge is 0.338 e. The van der Waals surface area contributed by atoms with E-state index in [2.05, 4.69) is 4.74 Å². The normalized spacial score (nSPS) is 10.3. The number of halogens is 3. The highest BCUT2D eigenvalue weighted by Crippen LogP contribution is 2.25. The summed E-state index contributed by atoms with van der Waals surface area (Å²) in [6, 6.07) is 5.48. The molecule has 6 nitrogen and oxygen atoms in total. The van der Waals surface area contributed by atoms with E-state index in [1.54, 1.807) is 0 Å². The molecular formula is C15H8ClF2NO5. The molecule has 0 aromatic heterocycles. The zero-order chi connectivity index (χ0) is 17.9. The van der Waals surface area contributed by atoms with Crippen LogP contribution in [0.3, 0.4) is 0 Å². The molecule has 124 valence electrons. The topological polar surface area (TPSA) is 86.5 Å². The van der Waals surface area contributed by atoms with Crippen molar-refractivity contribution in [2.45, 2.75) is 0 Å². The van der Waals surface area contributed by atoms with Crippen molar-refractivity contribution < 1.29 is 28.0 Å². The quantitative estimate of drug-likeness (QED) is 0.354. The largest absolute Gasteiger partial charge is 0.454 e. The Morgan fingerprint density at radius 2 is 1.88 bits per heavy atom. The number of hydrogen-bond acceptors (Lipinski definition) is 5. The van der Waals surface area contributed by atoms with Gasteiger partial charge in [-0.25, -0.2) is 13.6 Å². The number of benzene rings is 2. The van der Waals surface area contributed by atoms with Gasteiger partial charge in [0.15, 0.2) is 6.61 Å². The minimum Gasteiger partial charge on any atom is -0.454 e. The molecule has 0 amide bonds. The summed E-state index contributed by atoms with van der Waals surface area (Å²) in [4.78, 5) is 33.5. The Morgan fingerprint density at radius 3 is 2.54 bits per heavy atom. The molecule has 0 unspecified atom stereocenters. The fourth-order valence-corrected chi connectivity index (χ4v) is 1.97. The van der Waals surface area contributed by atoms with E-state index in [9.17, 15) is 28.5 Å². The van der Waals surface area contributed by atoms with E-state index >= 15 is 0 Å². The highest BCUT2D eigenvalue weighted by atomic mass is 35.5. The highest BCUT2D eigenvalue weighted by molar-refractivity contribution is 6.32. The third-order valence-corrected chi connectivity index (χ3v) is 3.26. The van der Waals surface area contributed by atoms with Crippen molar-refractivity contribution in [1.82, 2.24) is 0 Å². The van der Waals surface area contributed by atoms with E-state index in [-0.39, 0.29) is 10.6 Å². The van der Waals surface area contributed by atoms with Crippen molar-refractivity contribution in [3.8, 4) is 0 Å². The van der Waals surface area contributed by atoms with Crippen LogP contribution < -0.4 is 0 Å². The maximum absolute atomic E-state index is 13.4. The van der Waals surface area contributed by atoms with Gasteiger partial charge >= 0.3 is 5.97 Å². The van der Waals surface area contributed by atoms with Gasteiger partial charge in [-0.3, -0.25) is 14.9 Å². The maximum atomic E-state index is 13.4. The van der Waals surface area contributed by atoms with Gasteiger partial charge in [0.2, 0.25) is 5.78 Å². The van der Waals surface area contributed by atoms with Gasteiger partial charge in [0.05, 0.1) is 16.1 Å². The number of nitrogens with zero attached hydrogens (tertiary/aromatic N) is 1. The number of hydrogen-bond donors (Lipinski definition) is 0. The summed E-state index contributed by atoms with van der Waals surface area (Å²) in [7, 11) is 0. The minimum absolute atomic E-state index is 0.172. The Kier molecular flexibility index (Phi) is 5.20. The molecule has 24 heavy (non-hydrogen) atoms. The first kappa shape index (κ1) is 17.5. The van der Waals surface area contributed by atoms with Gasteiger partial charge in [0.1, 0.15) is 16.7 Å². The number of ketones is 1. The predicted molar refractivity (Wildman–Crippen MR) is 79.1 cm³/mol. The summed E-state index contributed by atoms with van der Waals surface area (Å²) >= 11 is 5.61. The summed E-state index contributed by atoms with van der Waals surface area (Å²) in [5.74, 6) is -3.78. The molecular weight excluding hydrogens is 348 g/mol. The molecule has 0 saturated carbocycles. The molecule has 0 aliphatic rings. The molecule has 0 saturated heterocycles. The van der Waals surface area contributed by atoms with E-state index < -0.39 is 46.2 Å². The summed E-state index contributed by atoms with van der Waals surface area (Å²) in [5.41, 5.74) is -1.28. The van der Waals surface area contributed by atoms with Crippen LogP contribution in [-0.2, 0) is 4.74 Å². The Labute approximate surface area is 138 Å². The number of ether oxygens (including phenoxy) is 1. The average molecular weight is 356 g/mol. The van der Waals surface area contributed by atoms with Crippen molar-refractivity contribution in [3.63, 3.8) is 0 Å². The minimum atomic E-state index is -1.04. The molecule has 2 aromatic carbocycles. The monoisotopic (exact) mass is 355 g/mol. The molecule has 0 spiro atoms. The Morgan fingerprint density at radius 1 is 1.17 bits per heavy atom. The van der Waals surface area contributed by atoms with E-state index in [0.717, 1.165) is 24.3 Å². The average Bonchev–Trinajstić information content (AvgIpc) is 2.54. The second-order valence-electron chi connectivity index (χ2n) is 4.55. The maximum Gasteiger partial charge on any atom is 0.338 e. The van der Waals surface area contributed by atoms with Crippen LogP contribution in [0.4, 0.5) is 14.5 Å². The summed E-state index contributed by atoms with van der Waals surface area (Å²) in [5, 5.41) is 10.6. The zero-order valence-corrected chi connectivity index (χ0v) is 12.5. The van der Waals surface area contributed by atoms with Crippen molar-refractivity contribution in [2.24, 2.45) is 0 Å². The van der Waals surface area contributed by atoms with Gasteiger partial charge in [-0.15, -0.1) is 0 Å². The molecule has 2 rings (SSSR count). The fraction of sp³-hybridized carbons (Fsp3) is 0.0667. The van der Waals surface area contributed by atoms with E-state index in [4.69, 9.17) is 11.6 Å². The zero-order valence-electron chi connectivity index (χ0n) is 11.8. The molecule has 0 bridgehead atoms. The Hall–Kier alpha value is -2.87. The lowest BCUT2D eigenvalue weighted by Gasteiger charge is -2.06. The molecule has 0 fully saturated rings. The Bertz CT molecular complexity index is 841. The predicted octanol–water partition coefficient (Wildman–Crippen LogP) is 3.57. The van der Waals surface area contributed by atoms with Crippen molar-refractivity contribution in [1.29, 1.82) is 0 Å². The standard InChI is InChI=1S/C15H8ClF2NO5/c16-11-3-1-8(5-13(11)19(22)23)15(21)24-7-14(20)10-6-9(17)2-4-12(10)18/h1-6H,7H2. The summed E-state index contributed by atoms with van der Waals surface area (Å²) in [6.45, 7) is -0.852. The van der Waals surface area contributed by atoms with Gasteiger partial charge < -0.3 is 4.74 Å². The summed E-state index contributed by atoms with van der Waals surface area (Å²) < 4.78 is 31.1. The first-order valence-corrected chi connectivity index (χ1v) is 6.76. The molecule has 0 aliphatic heterocycles. The second kappa shape index (κ2) is 7.14. The highest BCUT2D eigenvalue weighted by Gasteiger charge is 2.19. The van der Waals surface area contributed by atoms with Crippen LogP contribution in [0, 0.1) is 21.7 Å². The fourth-order valence-electron chi connectivity index (χ4n) is 1.78. The van der Waals surface area contributed by atoms with Crippen LogP contribution >= 0.6 is 11.6 Å². The molecule has 0 N–H and O–H groups in total. The van der Waals surface area contributed by atoms with Crippen LogP contribution in [0.25, 0.3) is 0 Å². The first-order chi connectivity index (χ1) is 11.3. The SMILES string of the molecule is O=C(OCC(=O)c1cc(F)ccc1F)c1ccc(Cl)c([N+](=O)[O-])c1. The number of rotatable bonds is 5. The van der Waals surface area contributed by atoms with Gasteiger partial charge in [-0.05, 0) is 30.3 Å². The molecule has 0 radical (unpaired) electrons. The number of nitro groups is 1. The first-order valence-electron chi connectivity index (χ1n) is 6.39. The van der Waals surface area contributed by atoms with Crippen LogP contribution in [-0.4, -0.2) is 23.3 Å². The van der Waals surface area contributed by atoms with Crippen LogP contribution in [0.5, 0.6) is 0 Å². The van der Waals surface area contributed by atoms with Gasteiger partial charge in [-0.2, -0.15) is 0 Å². The number of esters is 1. The van der Waals surface area contributed by atoms with Crippen LogP contribution in [0.2, 0.25) is 5.02 Å². The van der Waals surface area contributed by atoms with Gasteiger partial charge in [0.25, 0.3) is 5.69 Å². The number of carbonyl (C=O) groups is 2. The third kappa shape index (κ3) is 3.90. The number of carbonyl (C=O) groups excluding carboxylic acids is 2. The van der Waals surface area contributed by atoms with Crippen LogP contribution in [0.1, 0.15) is 20.7 Å². The van der Waals surface area contributed by atoms with Crippen LogP contribution in [0.15, 0.2) is 36.4 Å². The lowest BCUT2D eigenvalue weighted by molar-refractivity contribution is -0.384. The lowest BCUT2D eigenvalue weighted by atomic mass is 10.1. The molecule has 2 aromatic rings. The van der Waals surface area contributed by atoms with Crippen molar-refractivity contribution in [3.05, 3.63) is 74.3 Å². The molecule has 0 heterocycles. The number of Topliss-reactive ketones (excluding diaryl/α,β-unsaturated/α-hetero) is 1. The van der Waals surface area contributed by atoms with E-state index in [0.29, 0.717) is 6.07 Å². The van der Waals surface area contributed by atoms with Gasteiger partial charge in [0, 0.05) is 6.07 Å². The molecule has 9 heteroatoms. The Balaban J connectivity index is 2.10. The third-order valence-electron chi connectivity index (χ3n) is 2.94.